The minimum Gasteiger partial charge on any atom is -0.453 e. The van der Waals surface area contributed by atoms with Gasteiger partial charge in [0.2, 0.25) is 11.8 Å². The summed E-state index contributed by atoms with van der Waals surface area (Å²) in [5.74, 6) is -0.648. The Labute approximate surface area is 224 Å². The number of ether oxygens (including phenoxy) is 3. The van der Waals surface area contributed by atoms with Crippen LogP contribution in [0.5, 0.6) is 0 Å². The number of halogens is 2. The third-order valence-corrected chi connectivity index (χ3v) is 6.56. The molecule has 1 rings (SSSR count). The van der Waals surface area contributed by atoms with Crippen molar-refractivity contribution in [3.63, 3.8) is 0 Å². The first-order valence-electron chi connectivity index (χ1n) is 11.1. The van der Waals surface area contributed by atoms with Crippen LogP contribution in [-0.4, -0.2) is 80.4 Å². The maximum absolute atomic E-state index is 12.7. The summed E-state index contributed by atoms with van der Waals surface area (Å²) in [5.41, 5.74) is -0.900. The second-order valence-corrected chi connectivity index (χ2v) is 8.66. The molecule has 0 atom stereocenters. The lowest BCUT2D eigenvalue weighted by molar-refractivity contribution is -0.121. The first-order valence-corrected chi connectivity index (χ1v) is 12.6. The van der Waals surface area contributed by atoms with Gasteiger partial charge in [-0.1, -0.05) is 6.58 Å². The molecule has 0 radical (unpaired) electrons. The molecule has 15 heteroatoms. The van der Waals surface area contributed by atoms with Gasteiger partial charge in [0.05, 0.1) is 40.1 Å². The lowest BCUT2D eigenvalue weighted by atomic mass is 10.3. The van der Waals surface area contributed by atoms with Crippen LogP contribution in [0.2, 0.25) is 0 Å². The number of aromatic nitrogens is 2. The Bertz CT molecular complexity index is 1010. The van der Waals surface area contributed by atoms with Gasteiger partial charge < -0.3 is 30.2 Å². The van der Waals surface area contributed by atoms with E-state index in [1.165, 1.54) is 16.5 Å². The van der Waals surface area contributed by atoms with Crippen LogP contribution in [0.4, 0.5) is 4.79 Å². The molecule has 0 saturated carbocycles. The molecule has 0 aliphatic carbocycles. The third-order valence-electron chi connectivity index (χ3n) is 4.55. The van der Waals surface area contributed by atoms with Crippen LogP contribution in [0.1, 0.15) is 12.8 Å². The molecule has 1 aromatic heterocycles. The van der Waals surface area contributed by atoms with Crippen molar-refractivity contribution in [1.29, 1.82) is 0 Å². The Morgan fingerprint density at radius 3 is 1.97 bits per heavy atom. The van der Waals surface area contributed by atoms with Crippen molar-refractivity contribution in [2.24, 2.45) is 0 Å². The summed E-state index contributed by atoms with van der Waals surface area (Å²) in [6.07, 6.45) is 0.975. The van der Waals surface area contributed by atoms with Crippen LogP contribution in [0.25, 0.3) is 0 Å². The van der Waals surface area contributed by atoms with Crippen molar-refractivity contribution >= 4 is 49.8 Å². The van der Waals surface area contributed by atoms with E-state index >= 15 is 0 Å². The molecule has 0 bridgehead atoms. The predicted octanol–water partition coefficient (Wildman–Crippen LogP) is 0.123. The van der Waals surface area contributed by atoms with Gasteiger partial charge in [0.15, 0.2) is 0 Å². The van der Waals surface area contributed by atoms with E-state index in [2.05, 4.69) is 59.1 Å². The molecule has 202 valence electrons. The fraction of sp³-hybridized carbons (Fsp3) is 0.571. The minimum absolute atomic E-state index is 0.0148. The van der Waals surface area contributed by atoms with Gasteiger partial charge in [-0.05, 0) is 44.4 Å². The highest BCUT2D eigenvalue weighted by molar-refractivity contribution is 9.13. The summed E-state index contributed by atoms with van der Waals surface area (Å²) in [6, 6.07) is 0. The van der Waals surface area contributed by atoms with E-state index in [1.54, 1.807) is 0 Å². The van der Waals surface area contributed by atoms with E-state index in [4.69, 9.17) is 9.47 Å². The van der Waals surface area contributed by atoms with Crippen LogP contribution in [-0.2, 0) is 36.9 Å². The fourth-order valence-electron chi connectivity index (χ4n) is 2.77. The summed E-state index contributed by atoms with van der Waals surface area (Å²) in [6.45, 7) is 5.60. The van der Waals surface area contributed by atoms with E-state index in [-0.39, 0.29) is 60.0 Å². The van der Waals surface area contributed by atoms with Crippen LogP contribution in [0, 0.1) is 0 Å². The average Bonchev–Trinajstić information content (AvgIpc) is 2.88. The Morgan fingerprint density at radius 1 is 0.861 bits per heavy atom. The highest BCUT2D eigenvalue weighted by Gasteiger charge is 2.16. The zero-order valence-electron chi connectivity index (χ0n) is 20.0. The maximum atomic E-state index is 12.7. The second kappa shape index (κ2) is 17.9. The zero-order valence-corrected chi connectivity index (χ0v) is 23.2. The number of rotatable bonds is 17. The fourth-order valence-corrected chi connectivity index (χ4v) is 3.52. The normalized spacial score (nSPS) is 10.5. The predicted molar refractivity (Wildman–Crippen MR) is 138 cm³/mol. The van der Waals surface area contributed by atoms with Gasteiger partial charge >= 0.3 is 6.09 Å². The number of amides is 3. The van der Waals surface area contributed by atoms with Crippen LogP contribution >= 0.6 is 31.9 Å². The number of carbonyl (C=O) groups excluding carboxylic acids is 3. The molecule has 1 heterocycles. The molecule has 36 heavy (non-hydrogen) atoms. The van der Waals surface area contributed by atoms with Crippen molar-refractivity contribution in [2.75, 3.05) is 53.2 Å². The molecule has 0 saturated heterocycles. The molecule has 0 unspecified atom stereocenters. The monoisotopic (exact) mass is 639 g/mol. The molecule has 13 nitrogen and oxygen atoms in total. The average molecular weight is 641 g/mol. The Balaban J connectivity index is 2.43. The molecule has 0 fully saturated rings. The smallest absolute Gasteiger partial charge is 0.406 e. The molecule has 3 amide bonds. The van der Waals surface area contributed by atoms with Gasteiger partial charge in [-0.15, -0.1) is 0 Å². The largest absolute Gasteiger partial charge is 0.453 e. The lowest BCUT2D eigenvalue weighted by Crippen LogP contribution is -2.41. The summed E-state index contributed by atoms with van der Waals surface area (Å²) < 4.78 is 17.7. The molecular formula is C21H31Br2N5O8. The number of hydrogen-bond acceptors (Lipinski definition) is 8. The second-order valence-electron chi connectivity index (χ2n) is 7.08. The molecular weight excluding hydrogens is 610 g/mol. The molecule has 0 aliphatic heterocycles. The Morgan fingerprint density at radius 2 is 1.42 bits per heavy atom. The van der Waals surface area contributed by atoms with Gasteiger partial charge in [-0.3, -0.25) is 19.2 Å². The van der Waals surface area contributed by atoms with Crippen molar-refractivity contribution in [1.82, 2.24) is 25.3 Å². The number of carbonyl (C=O) groups is 3. The highest BCUT2D eigenvalue weighted by atomic mass is 79.9. The molecule has 0 aromatic carbocycles. The van der Waals surface area contributed by atoms with E-state index in [1.807, 2.05) is 0 Å². The highest BCUT2D eigenvalue weighted by Crippen LogP contribution is 2.14. The standard InChI is InChI=1S/C21H31Br2N5O8/c1-3-15(29)24-6-4-9-27-19(31)17(22)18(23)20(32)28(27)10-5-16(30)25-7-11-35-13-14-36-12-8-26-21(33)34-2/h3H,1,4-14H2,2H3,(H,24,29)(H,25,30)(H,26,33). The van der Waals surface area contributed by atoms with Gasteiger partial charge in [-0.2, -0.15) is 0 Å². The maximum Gasteiger partial charge on any atom is 0.406 e. The molecule has 3 N–H and O–H groups in total. The van der Waals surface area contributed by atoms with E-state index in [9.17, 15) is 24.0 Å². The Hall–Kier alpha value is -2.49. The first-order chi connectivity index (χ1) is 17.2. The van der Waals surface area contributed by atoms with Gasteiger partial charge in [0.25, 0.3) is 11.1 Å². The first kappa shape index (κ1) is 31.5. The van der Waals surface area contributed by atoms with Crippen molar-refractivity contribution < 1.29 is 28.6 Å². The summed E-state index contributed by atoms with van der Waals surface area (Å²) in [4.78, 5) is 59.7. The van der Waals surface area contributed by atoms with Crippen molar-refractivity contribution in [3.8, 4) is 0 Å². The summed E-state index contributed by atoms with van der Waals surface area (Å²) in [7, 11) is 1.28. The topological polar surface area (TPSA) is 159 Å². The minimum atomic E-state index is -0.527. The van der Waals surface area contributed by atoms with Crippen molar-refractivity contribution in [2.45, 2.75) is 25.9 Å². The van der Waals surface area contributed by atoms with E-state index in [0.717, 1.165) is 6.08 Å². The SMILES string of the molecule is C=CC(=O)NCCCn1c(=O)c(Br)c(Br)c(=O)n1CCC(=O)NCCOCCOCCNC(=O)OC. The summed E-state index contributed by atoms with van der Waals surface area (Å²) >= 11 is 6.23. The van der Waals surface area contributed by atoms with Gasteiger partial charge in [-0.25, -0.2) is 14.2 Å². The molecule has 0 aliphatic rings. The van der Waals surface area contributed by atoms with Crippen molar-refractivity contribution in [3.05, 3.63) is 42.3 Å². The number of methoxy groups -OCH3 is 1. The number of nitrogens with zero attached hydrogens (tertiary/aromatic N) is 2. The summed E-state index contributed by atoms with van der Waals surface area (Å²) in [5, 5.41) is 7.77. The van der Waals surface area contributed by atoms with E-state index in [0.29, 0.717) is 32.8 Å². The lowest BCUT2D eigenvalue weighted by Gasteiger charge is -2.17. The Kier molecular flexibility index (Phi) is 15.6. The van der Waals surface area contributed by atoms with Gasteiger partial charge in [0, 0.05) is 32.6 Å². The number of alkyl carbamates (subject to hydrolysis) is 1. The third kappa shape index (κ3) is 11.5. The quantitative estimate of drug-likeness (QED) is 0.160. The molecule has 0 spiro atoms. The zero-order chi connectivity index (χ0) is 26.9. The number of hydrogen-bond donors (Lipinski definition) is 3. The van der Waals surface area contributed by atoms with Crippen LogP contribution in [0.15, 0.2) is 31.2 Å². The van der Waals surface area contributed by atoms with Crippen LogP contribution < -0.4 is 27.1 Å². The number of nitrogens with one attached hydrogen (secondary N) is 3. The van der Waals surface area contributed by atoms with E-state index < -0.39 is 17.2 Å². The molecule has 1 aromatic rings. The van der Waals surface area contributed by atoms with Gasteiger partial charge in [0.1, 0.15) is 8.95 Å². The van der Waals surface area contributed by atoms with Crippen LogP contribution in [0.3, 0.4) is 0 Å².